The van der Waals surface area contributed by atoms with Crippen LogP contribution in [0.3, 0.4) is 0 Å². The summed E-state index contributed by atoms with van der Waals surface area (Å²) in [6, 6.07) is 0.591. The zero-order chi connectivity index (χ0) is 12.0. The molecule has 0 bridgehead atoms. The molecule has 2 heteroatoms. The highest BCUT2D eigenvalue weighted by Crippen LogP contribution is 2.26. The molecule has 3 unspecified atom stereocenters. The fourth-order valence-corrected chi connectivity index (χ4v) is 2.46. The minimum atomic E-state index is 0.447. The Hall–Kier alpha value is -0.0800. The fraction of sp³-hybridized carbons (Fsp3) is 1.00. The highest BCUT2D eigenvalue weighted by molar-refractivity contribution is 4.84. The Morgan fingerprint density at radius 2 is 2.06 bits per heavy atom. The van der Waals surface area contributed by atoms with Gasteiger partial charge < -0.3 is 10.1 Å². The minimum absolute atomic E-state index is 0.447. The lowest BCUT2D eigenvalue weighted by atomic mass is 9.85. The minimum Gasteiger partial charge on any atom is -0.377 e. The first kappa shape index (κ1) is 14.0. The first-order valence-corrected chi connectivity index (χ1v) is 6.98. The summed E-state index contributed by atoms with van der Waals surface area (Å²) in [4.78, 5) is 0. The van der Waals surface area contributed by atoms with Gasteiger partial charge in [0.15, 0.2) is 0 Å². The number of hydrogen-bond acceptors (Lipinski definition) is 2. The van der Waals surface area contributed by atoms with Crippen molar-refractivity contribution in [3.05, 3.63) is 0 Å². The zero-order valence-electron chi connectivity index (χ0n) is 11.5. The predicted molar refractivity (Wildman–Crippen MR) is 69.7 cm³/mol. The van der Waals surface area contributed by atoms with Crippen LogP contribution in [0.5, 0.6) is 0 Å². The number of ether oxygens (including phenoxy) is 1. The van der Waals surface area contributed by atoms with Crippen molar-refractivity contribution >= 4 is 0 Å². The van der Waals surface area contributed by atoms with Crippen molar-refractivity contribution in [3.8, 4) is 0 Å². The normalized spacial score (nSPS) is 30.9. The van der Waals surface area contributed by atoms with E-state index in [1.54, 1.807) is 0 Å². The summed E-state index contributed by atoms with van der Waals surface area (Å²) in [5.41, 5.74) is 0. The lowest BCUT2D eigenvalue weighted by Crippen LogP contribution is -2.45. The number of rotatable bonds is 6. The summed E-state index contributed by atoms with van der Waals surface area (Å²) in [6.45, 7) is 11.0. The molecule has 0 amide bonds. The largest absolute Gasteiger partial charge is 0.377 e. The molecule has 0 saturated heterocycles. The Kier molecular flexibility index (Phi) is 6.37. The lowest BCUT2D eigenvalue weighted by Gasteiger charge is -2.35. The molecule has 0 radical (unpaired) electrons. The van der Waals surface area contributed by atoms with Crippen LogP contribution in [0.15, 0.2) is 0 Å². The second kappa shape index (κ2) is 7.29. The van der Waals surface area contributed by atoms with E-state index in [4.69, 9.17) is 4.74 Å². The summed E-state index contributed by atoms with van der Waals surface area (Å²) in [7, 11) is 0. The summed E-state index contributed by atoms with van der Waals surface area (Å²) in [5, 5.41) is 3.57. The van der Waals surface area contributed by atoms with Crippen LogP contribution in [0.2, 0.25) is 0 Å². The summed E-state index contributed by atoms with van der Waals surface area (Å²) in [5.74, 6) is 1.58. The van der Waals surface area contributed by atoms with E-state index in [2.05, 4.69) is 33.0 Å². The Labute approximate surface area is 101 Å². The highest BCUT2D eigenvalue weighted by atomic mass is 16.5. The number of nitrogens with one attached hydrogen (secondary N) is 1. The molecular weight excluding hydrogens is 198 g/mol. The second-order valence-electron chi connectivity index (χ2n) is 5.67. The maximum Gasteiger partial charge on any atom is 0.0730 e. The molecule has 1 aliphatic rings. The van der Waals surface area contributed by atoms with Gasteiger partial charge in [-0.1, -0.05) is 27.7 Å². The van der Waals surface area contributed by atoms with Gasteiger partial charge in [0.2, 0.25) is 0 Å². The molecule has 0 heterocycles. The topological polar surface area (TPSA) is 21.3 Å². The van der Waals surface area contributed by atoms with Gasteiger partial charge >= 0.3 is 0 Å². The van der Waals surface area contributed by atoms with Crippen LogP contribution in [0.25, 0.3) is 0 Å². The monoisotopic (exact) mass is 227 g/mol. The van der Waals surface area contributed by atoms with Crippen molar-refractivity contribution < 1.29 is 4.74 Å². The maximum atomic E-state index is 6.07. The smallest absolute Gasteiger partial charge is 0.0730 e. The van der Waals surface area contributed by atoms with Gasteiger partial charge in [-0.15, -0.1) is 0 Å². The maximum absolute atomic E-state index is 6.07. The van der Waals surface area contributed by atoms with Crippen molar-refractivity contribution in [1.82, 2.24) is 5.32 Å². The van der Waals surface area contributed by atoms with E-state index < -0.39 is 0 Å². The molecule has 16 heavy (non-hydrogen) atoms. The van der Waals surface area contributed by atoms with Crippen LogP contribution in [0.1, 0.15) is 53.4 Å². The Balaban J connectivity index is 2.32. The van der Waals surface area contributed by atoms with E-state index >= 15 is 0 Å². The average Bonchev–Trinajstić information content (AvgIpc) is 2.21. The van der Waals surface area contributed by atoms with E-state index in [0.29, 0.717) is 12.1 Å². The van der Waals surface area contributed by atoms with Crippen molar-refractivity contribution in [2.45, 2.75) is 65.5 Å². The molecule has 0 aliphatic heterocycles. The molecule has 3 atom stereocenters. The van der Waals surface area contributed by atoms with Crippen LogP contribution in [-0.4, -0.2) is 25.3 Å². The van der Waals surface area contributed by atoms with Gasteiger partial charge in [0.1, 0.15) is 0 Å². The molecule has 1 rings (SSSR count). The van der Waals surface area contributed by atoms with Gasteiger partial charge in [0.05, 0.1) is 6.10 Å². The second-order valence-corrected chi connectivity index (χ2v) is 5.67. The zero-order valence-corrected chi connectivity index (χ0v) is 11.5. The first-order chi connectivity index (χ1) is 7.63. The van der Waals surface area contributed by atoms with Gasteiger partial charge in [0.25, 0.3) is 0 Å². The van der Waals surface area contributed by atoms with Gasteiger partial charge in [-0.25, -0.2) is 0 Å². The molecule has 1 N–H and O–H groups in total. The standard InChI is InChI=1S/C14H29NO/c1-5-15-13-7-6-12(4)10-14(13)16-9-8-11(2)3/h11-15H,5-10H2,1-4H3. The van der Waals surface area contributed by atoms with Crippen LogP contribution in [-0.2, 0) is 4.74 Å². The van der Waals surface area contributed by atoms with E-state index in [1.165, 1.54) is 25.7 Å². The molecule has 1 aliphatic carbocycles. The third-order valence-corrected chi connectivity index (χ3v) is 3.55. The van der Waals surface area contributed by atoms with Crippen LogP contribution >= 0.6 is 0 Å². The molecule has 0 spiro atoms. The number of likely N-dealkylation sites (N-methyl/N-ethyl adjacent to an activating group) is 1. The first-order valence-electron chi connectivity index (χ1n) is 6.98. The molecule has 0 aromatic carbocycles. The fourth-order valence-electron chi connectivity index (χ4n) is 2.46. The van der Waals surface area contributed by atoms with E-state index in [-0.39, 0.29) is 0 Å². The van der Waals surface area contributed by atoms with Crippen LogP contribution in [0, 0.1) is 11.8 Å². The molecule has 1 fully saturated rings. The van der Waals surface area contributed by atoms with E-state index in [0.717, 1.165) is 25.0 Å². The van der Waals surface area contributed by atoms with Gasteiger partial charge in [-0.3, -0.25) is 0 Å². The third kappa shape index (κ3) is 4.84. The van der Waals surface area contributed by atoms with Crippen molar-refractivity contribution in [1.29, 1.82) is 0 Å². The lowest BCUT2D eigenvalue weighted by molar-refractivity contribution is -0.0111. The van der Waals surface area contributed by atoms with Crippen molar-refractivity contribution in [3.63, 3.8) is 0 Å². The third-order valence-electron chi connectivity index (χ3n) is 3.55. The highest BCUT2D eigenvalue weighted by Gasteiger charge is 2.28. The summed E-state index contributed by atoms with van der Waals surface area (Å²) in [6.07, 6.45) is 5.49. The van der Waals surface area contributed by atoms with Gasteiger partial charge in [-0.05, 0) is 44.1 Å². The van der Waals surface area contributed by atoms with E-state index in [1.807, 2.05) is 0 Å². The molecule has 96 valence electrons. The molecule has 2 nitrogen and oxygen atoms in total. The molecule has 0 aromatic heterocycles. The Morgan fingerprint density at radius 3 is 2.69 bits per heavy atom. The number of hydrogen-bond donors (Lipinski definition) is 1. The quantitative estimate of drug-likeness (QED) is 0.752. The molecule has 1 saturated carbocycles. The average molecular weight is 227 g/mol. The molecule has 0 aromatic rings. The van der Waals surface area contributed by atoms with Gasteiger partial charge in [-0.2, -0.15) is 0 Å². The van der Waals surface area contributed by atoms with Gasteiger partial charge in [0, 0.05) is 12.6 Å². The summed E-state index contributed by atoms with van der Waals surface area (Å²) >= 11 is 0. The van der Waals surface area contributed by atoms with Crippen molar-refractivity contribution in [2.24, 2.45) is 11.8 Å². The Bertz CT molecular complexity index is 182. The van der Waals surface area contributed by atoms with Crippen LogP contribution < -0.4 is 5.32 Å². The molecular formula is C14H29NO. The van der Waals surface area contributed by atoms with E-state index in [9.17, 15) is 0 Å². The van der Waals surface area contributed by atoms with Crippen LogP contribution in [0.4, 0.5) is 0 Å². The SMILES string of the molecule is CCNC1CCC(C)CC1OCCC(C)C. The van der Waals surface area contributed by atoms with Crippen molar-refractivity contribution in [2.75, 3.05) is 13.2 Å². The Morgan fingerprint density at radius 1 is 1.31 bits per heavy atom. The predicted octanol–water partition coefficient (Wildman–Crippen LogP) is 3.22. The summed E-state index contributed by atoms with van der Waals surface area (Å²) < 4.78 is 6.07.